The highest BCUT2D eigenvalue weighted by Gasteiger charge is 2.44. The van der Waals surface area contributed by atoms with Crippen molar-refractivity contribution in [3.63, 3.8) is 0 Å². The van der Waals surface area contributed by atoms with E-state index >= 15 is 0 Å². The van der Waals surface area contributed by atoms with Gasteiger partial charge in [-0.1, -0.05) is 38.1 Å². The molecule has 0 aliphatic carbocycles. The number of hydrogen-bond acceptors (Lipinski definition) is 2. The number of ether oxygens (including phenoxy) is 1. The number of alkyl carbamates (subject to hydrolysis) is 1. The zero-order valence-electron chi connectivity index (χ0n) is 10.9. The van der Waals surface area contributed by atoms with Crippen molar-refractivity contribution in [1.82, 2.24) is 5.32 Å². The van der Waals surface area contributed by atoms with Crippen molar-refractivity contribution in [2.24, 2.45) is 0 Å². The minimum atomic E-state index is -4.65. The molecule has 1 rings (SSSR count). The SMILES string of the molecule is CNC(=O)OC(c1cccc(C(C)C)c1)C(F)(F)F. The van der Waals surface area contributed by atoms with E-state index in [4.69, 9.17) is 0 Å². The highest BCUT2D eigenvalue weighted by atomic mass is 19.4. The first-order valence-corrected chi connectivity index (χ1v) is 5.80. The van der Waals surface area contributed by atoms with Gasteiger partial charge in [-0.3, -0.25) is 0 Å². The molecule has 1 N–H and O–H groups in total. The maximum absolute atomic E-state index is 12.9. The number of benzene rings is 1. The minimum absolute atomic E-state index is 0.0812. The average molecular weight is 275 g/mol. The van der Waals surface area contributed by atoms with Crippen molar-refractivity contribution in [2.45, 2.75) is 32.0 Å². The van der Waals surface area contributed by atoms with Crippen LogP contribution in [0.2, 0.25) is 0 Å². The fourth-order valence-electron chi connectivity index (χ4n) is 1.57. The van der Waals surface area contributed by atoms with Crippen molar-refractivity contribution < 1.29 is 22.7 Å². The van der Waals surface area contributed by atoms with Crippen LogP contribution < -0.4 is 5.32 Å². The second-order valence-corrected chi connectivity index (χ2v) is 4.40. The molecule has 106 valence electrons. The number of nitrogens with one attached hydrogen (secondary N) is 1. The summed E-state index contributed by atoms with van der Waals surface area (Å²) in [6, 6.07) is 5.97. The van der Waals surface area contributed by atoms with Crippen molar-refractivity contribution in [3.8, 4) is 0 Å². The summed E-state index contributed by atoms with van der Waals surface area (Å²) >= 11 is 0. The molecule has 0 spiro atoms. The highest BCUT2D eigenvalue weighted by Crippen LogP contribution is 2.36. The van der Waals surface area contributed by atoms with Crippen LogP contribution in [0.3, 0.4) is 0 Å². The molecular formula is C13H16F3NO2. The molecule has 0 aromatic heterocycles. The van der Waals surface area contributed by atoms with Gasteiger partial charge in [0.15, 0.2) is 0 Å². The van der Waals surface area contributed by atoms with Gasteiger partial charge in [-0.25, -0.2) is 4.79 Å². The average Bonchev–Trinajstić information content (AvgIpc) is 2.34. The molecule has 1 aromatic carbocycles. The van der Waals surface area contributed by atoms with Gasteiger partial charge in [-0.05, 0) is 11.5 Å². The predicted octanol–water partition coefficient (Wildman–Crippen LogP) is 3.77. The number of carbonyl (C=O) groups is 1. The van der Waals surface area contributed by atoms with Gasteiger partial charge < -0.3 is 10.1 Å². The fourth-order valence-corrected chi connectivity index (χ4v) is 1.57. The van der Waals surface area contributed by atoms with E-state index in [9.17, 15) is 18.0 Å². The molecule has 1 atom stereocenters. The Hall–Kier alpha value is -1.72. The Morgan fingerprint density at radius 3 is 2.32 bits per heavy atom. The van der Waals surface area contributed by atoms with Gasteiger partial charge in [0.05, 0.1) is 0 Å². The Kier molecular flexibility index (Phi) is 4.80. The zero-order chi connectivity index (χ0) is 14.6. The van der Waals surface area contributed by atoms with Crippen LogP contribution in [0.1, 0.15) is 37.0 Å². The lowest BCUT2D eigenvalue weighted by atomic mass is 9.98. The predicted molar refractivity (Wildman–Crippen MR) is 64.9 cm³/mol. The van der Waals surface area contributed by atoms with Crippen molar-refractivity contribution >= 4 is 6.09 Å². The van der Waals surface area contributed by atoms with Gasteiger partial charge in [0.25, 0.3) is 0 Å². The van der Waals surface area contributed by atoms with Crippen LogP contribution in [-0.2, 0) is 4.74 Å². The first-order valence-electron chi connectivity index (χ1n) is 5.80. The molecular weight excluding hydrogens is 259 g/mol. The molecule has 1 amide bonds. The van der Waals surface area contributed by atoms with E-state index in [1.165, 1.54) is 25.2 Å². The lowest BCUT2D eigenvalue weighted by Gasteiger charge is -2.21. The number of rotatable bonds is 3. The van der Waals surface area contributed by atoms with E-state index in [1.807, 2.05) is 19.2 Å². The summed E-state index contributed by atoms with van der Waals surface area (Å²) in [4.78, 5) is 11.0. The summed E-state index contributed by atoms with van der Waals surface area (Å²) in [5.41, 5.74) is 0.676. The summed E-state index contributed by atoms with van der Waals surface area (Å²) in [6.07, 6.45) is -8.02. The van der Waals surface area contributed by atoms with E-state index in [1.54, 1.807) is 6.07 Å². The lowest BCUT2D eigenvalue weighted by Crippen LogP contribution is -2.30. The van der Waals surface area contributed by atoms with Gasteiger partial charge in [-0.2, -0.15) is 13.2 Å². The molecule has 0 heterocycles. The molecule has 6 heteroatoms. The number of alkyl halides is 3. The summed E-state index contributed by atoms with van der Waals surface area (Å²) in [7, 11) is 1.21. The van der Waals surface area contributed by atoms with Crippen LogP contribution in [0.25, 0.3) is 0 Å². The highest BCUT2D eigenvalue weighted by molar-refractivity contribution is 5.67. The second-order valence-electron chi connectivity index (χ2n) is 4.40. The maximum atomic E-state index is 12.9. The monoisotopic (exact) mass is 275 g/mol. The Bertz CT molecular complexity index is 444. The molecule has 1 unspecified atom stereocenters. The van der Waals surface area contributed by atoms with Crippen LogP contribution in [0.15, 0.2) is 24.3 Å². The third-order valence-corrected chi connectivity index (χ3v) is 2.61. The molecule has 0 saturated carbocycles. The standard InChI is InChI=1S/C13H16F3NO2/c1-8(2)9-5-4-6-10(7-9)11(13(14,15)16)19-12(18)17-3/h4-8,11H,1-3H3,(H,17,18). The van der Waals surface area contributed by atoms with Crippen LogP contribution >= 0.6 is 0 Å². The topological polar surface area (TPSA) is 38.3 Å². The molecule has 0 radical (unpaired) electrons. The minimum Gasteiger partial charge on any atom is -0.432 e. The lowest BCUT2D eigenvalue weighted by molar-refractivity contribution is -0.206. The van der Waals surface area contributed by atoms with E-state index in [2.05, 4.69) is 4.74 Å². The fraction of sp³-hybridized carbons (Fsp3) is 0.462. The van der Waals surface area contributed by atoms with Crippen molar-refractivity contribution in [2.75, 3.05) is 7.05 Å². The first kappa shape index (κ1) is 15.3. The summed E-state index contributed by atoms with van der Waals surface area (Å²) < 4.78 is 43.2. The summed E-state index contributed by atoms with van der Waals surface area (Å²) in [5, 5.41) is 2.01. The van der Waals surface area contributed by atoms with Crippen molar-refractivity contribution in [1.29, 1.82) is 0 Å². The first-order chi connectivity index (χ1) is 8.75. The third kappa shape index (κ3) is 4.15. The molecule has 0 saturated heterocycles. The van der Waals surface area contributed by atoms with E-state index < -0.39 is 18.4 Å². The Balaban J connectivity index is 3.10. The second kappa shape index (κ2) is 5.95. The van der Waals surface area contributed by atoms with Gasteiger partial charge in [0, 0.05) is 12.6 Å². The number of carbonyl (C=O) groups excluding carboxylic acids is 1. The number of amides is 1. The molecule has 19 heavy (non-hydrogen) atoms. The van der Waals surface area contributed by atoms with Gasteiger partial charge >= 0.3 is 12.3 Å². The third-order valence-electron chi connectivity index (χ3n) is 2.61. The van der Waals surface area contributed by atoms with Crippen LogP contribution in [0.4, 0.5) is 18.0 Å². The molecule has 1 aromatic rings. The summed E-state index contributed by atoms with van der Waals surface area (Å²) in [6.45, 7) is 3.75. The smallest absolute Gasteiger partial charge is 0.429 e. The normalized spacial score (nSPS) is 13.2. The van der Waals surface area contributed by atoms with Crippen LogP contribution in [0.5, 0.6) is 0 Å². The van der Waals surface area contributed by atoms with Gasteiger partial charge in [0.1, 0.15) is 0 Å². The van der Waals surface area contributed by atoms with Crippen molar-refractivity contribution in [3.05, 3.63) is 35.4 Å². The maximum Gasteiger partial charge on any atom is 0.429 e. The van der Waals surface area contributed by atoms with E-state index in [0.717, 1.165) is 5.56 Å². The molecule has 0 bridgehead atoms. The van der Waals surface area contributed by atoms with Crippen LogP contribution in [0, 0.1) is 0 Å². The molecule has 0 aliphatic heterocycles. The molecule has 3 nitrogen and oxygen atoms in total. The summed E-state index contributed by atoms with van der Waals surface area (Å²) in [5.74, 6) is 0.0915. The Morgan fingerprint density at radius 1 is 1.26 bits per heavy atom. The molecule has 0 aliphatic rings. The Morgan fingerprint density at radius 2 is 1.84 bits per heavy atom. The number of halogens is 3. The molecule has 0 fully saturated rings. The van der Waals surface area contributed by atoms with E-state index in [-0.39, 0.29) is 11.5 Å². The largest absolute Gasteiger partial charge is 0.432 e. The van der Waals surface area contributed by atoms with E-state index in [0.29, 0.717) is 0 Å². The zero-order valence-corrected chi connectivity index (χ0v) is 10.9. The van der Waals surface area contributed by atoms with Crippen LogP contribution in [-0.4, -0.2) is 19.3 Å². The van der Waals surface area contributed by atoms with Gasteiger partial charge in [-0.15, -0.1) is 0 Å². The Labute approximate surface area is 109 Å². The van der Waals surface area contributed by atoms with Gasteiger partial charge in [0.2, 0.25) is 6.10 Å². The number of hydrogen-bond donors (Lipinski definition) is 1. The quantitative estimate of drug-likeness (QED) is 0.911.